The fraction of sp³-hybridized carbons (Fsp3) is 0.474. The van der Waals surface area contributed by atoms with Crippen LogP contribution in [0.5, 0.6) is 0 Å². The number of carboxylic acids is 1. The Morgan fingerprint density at radius 1 is 1.28 bits per heavy atom. The quantitative estimate of drug-likeness (QED) is 0.879. The van der Waals surface area contributed by atoms with Crippen molar-refractivity contribution in [1.82, 2.24) is 9.88 Å². The van der Waals surface area contributed by atoms with Crippen molar-refractivity contribution in [3.63, 3.8) is 0 Å². The minimum absolute atomic E-state index is 0.301. The predicted molar refractivity (Wildman–Crippen MR) is 103 cm³/mol. The van der Waals surface area contributed by atoms with Crippen molar-refractivity contribution in [3.05, 3.63) is 35.2 Å². The first-order valence-electron chi connectivity index (χ1n) is 8.72. The van der Waals surface area contributed by atoms with Crippen LogP contribution < -0.4 is 4.90 Å². The maximum absolute atomic E-state index is 11.0. The SMILES string of the molecule is CC(C)N(C)C1CCN(c2nc(-c3ccc(C(=O)O)cc3)cs2)CC1. The minimum atomic E-state index is -0.903. The Kier molecular flexibility index (Phi) is 5.39. The van der Waals surface area contributed by atoms with E-state index >= 15 is 0 Å². The highest BCUT2D eigenvalue weighted by molar-refractivity contribution is 7.14. The van der Waals surface area contributed by atoms with E-state index in [-0.39, 0.29) is 0 Å². The van der Waals surface area contributed by atoms with E-state index in [2.05, 4.69) is 36.1 Å². The zero-order valence-corrected chi connectivity index (χ0v) is 15.8. The smallest absolute Gasteiger partial charge is 0.335 e. The summed E-state index contributed by atoms with van der Waals surface area (Å²) in [4.78, 5) is 20.6. The number of nitrogens with zero attached hydrogens (tertiary/aromatic N) is 3. The lowest BCUT2D eigenvalue weighted by molar-refractivity contribution is 0.0697. The van der Waals surface area contributed by atoms with Crippen molar-refractivity contribution in [1.29, 1.82) is 0 Å². The highest BCUT2D eigenvalue weighted by Gasteiger charge is 2.25. The molecule has 0 aliphatic carbocycles. The lowest BCUT2D eigenvalue weighted by Crippen LogP contribution is -2.45. The van der Waals surface area contributed by atoms with E-state index in [1.54, 1.807) is 23.5 Å². The molecule has 1 N–H and O–H groups in total. The number of aromatic carboxylic acids is 1. The Morgan fingerprint density at radius 2 is 1.92 bits per heavy atom. The second-order valence-electron chi connectivity index (χ2n) is 6.88. The first kappa shape index (κ1) is 17.9. The highest BCUT2D eigenvalue weighted by Crippen LogP contribution is 2.30. The fourth-order valence-electron chi connectivity index (χ4n) is 3.21. The Bertz CT molecular complexity index is 719. The molecule has 1 aliphatic rings. The van der Waals surface area contributed by atoms with E-state index < -0.39 is 5.97 Å². The molecule has 0 saturated carbocycles. The number of carboxylic acid groups (broad SMARTS) is 1. The normalized spacial score (nSPS) is 16.0. The van der Waals surface area contributed by atoms with Gasteiger partial charge in [0, 0.05) is 36.1 Å². The molecule has 1 aromatic carbocycles. The second kappa shape index (κ2) is 7.54. The van der Waals surface area contributed by atoms with Crippen LogP contribution in [0.2, 0.25) is 0 Å². The van der Waals surface area contributed by atoms with Crippen LogP contribution >= 0.6 is 11.3 Å². The van der Waals surface area contributed by atoms with Crippen LogP contribution in [0, 0.1) is 0 Å². The number of benzene rings is 1. The summed E-state index contributed by atoms with van der Waals surface area (Å²) in [6.45, 7) is 6.56. The van der Waals surface area contributed by atoms with Crippen LogP contribution in [0.1, 0.15) is 37.0 Å². The molecule has 0 atom stereocenters. The van der Waals surface area contributed by atoms with Gasteiger partial charge in [0.2, 0.25) is 0 Å². The van der Waals surface area contributed by atoms with Gasteiger partial charge in [-0.2, -0.15) is 0 Å². The third-order valence-corrected chi connectivity index (χ3v) is 5.95. The van der Waals surface area contributed by atoms with Crippen molar-refractivity contribution < 1.29 is 9.90 Å². The summed E-state index contributed by atoms with van der Waals surface area (Å²) in [6.07, 6.45) is 2.33. The molecule has 1 aliphatic heterocycles. The minimum Gasteiger partial charge on any atom is -0.478 e. The molecule has 2 heterocycles. The topological polar surface area (TPSA) is 56.7 Å². The first-order chi connectivity index (χ1) is 12.0. The Hall–Kier alpha value is -1.92. The second-order valence-corrected chi connectivity index (χ2v) is 7.71. The lowest BCUT2D eigenvalue weighted by atomic mass is 10.0. The molecule has 25 heavy (non-hydrogen) atoms. The van der Waals surface area contributed by atoms with Gasteiger partial charge in [-0.25, -0.2) is 9.78 Å². The molecule has 2 aromatic rings. The maximum atomic E-state index is 11.0. The van der Waals surface area contributed by atoms with E-state index in [0.29, 0.717) is 17.6 Å². The van der Waals surface area contributed by atoms with Crippen molar-refractivity contribution in [3.8, 4) is 11.3 Å². The van der Waals surface area contributed by atoms with Gasteiger partial charge in [-0.3, -0.25) is 0 Å². The van der Waals surface area contributed by atoms with Crippen molar-refractivity contribution in [2.45, 2.75) is 38.8 Å². The summed E-state index contributed by atoms with van der Waals surface area (Å²) >= 11 is 1.66. The zero-order chi connectivity index (χ0) is 18.0. The van der Waals surface area contributed by atoms with E-state index in [0.717, 1.165) is 42.3 Å². The van der Waals surface area contributed by atoms with Gasteiger partial charge < -0.3 is 14.9 Å². The number of piperidine rings is 1. The number of carbonyl (C=O) groups is 1. The molecule has 0 spiro atoms. The average molecular weight is 359 g/mol. The fourth-order valence-corrected chi connectivity index (χ4v) is 4.10. The Morgan fingerprint density at radius 3 is 2.48 bits per heavy atom. The van der Waals surface area contributed by atoms with Crippen LogP contribution in [0.15, 0.2) is 29.6 Å². The molecule has 0 unspecified atom stereocenters. The number of rotatable bonds is 5. The van der Waals surface area contributed by atoms with Crippen molar-refractivity contribution >= 4 is 22.4 Å². The molecule has 6 heteroatoms. The van der Waals surface area contributed by atoms with Crippen LogP contribution in [0.3, 0.4) is 0 Å². The number of thiazole rings is 1. The molecule has 0 radical (unpaired) electrons. The standard InChI is InChI=1S/C19H25N3O2S/c1-13(2)21(3)16-8-10-22(11-9-16)19-20-17(12-25-19)14-4-6-15(7-5-14)18(23)24/h4-7,12-13,16H,8-11H2,1-3H3,(H,23,24). The summed E-state index contributed by atoms with van der Waals surface area (Å²) in [6, 6.07) is 8.14. The summed E-state index contributed by atoms with van der Waals surface area (Å²) in [5, 5.41) is 12.1. The third kappa shape index (κ3) is 4.02. The van der Waals surface area contributed by atoms with Gasteiger partial charge in [0.05, 0.1) is 11.3 Å². The largest absolute Gasteiger partial charge is 0.478 e. The number of hydrogen-bond acceptors (Lipinski definition) is 5. The van der Waals surface area contributed by atoms with E-state index in [9.17, 15) is 4.79 Å². The molecule has 1 saturated heterocycles. The van der Waals surface area contributed by atoms with Gasteiger partial charge in [-0.15, -0.1) is 11.3 Å². The van der Waals surface area contributed by atoms with E-state index in [4.69, 9.17) is 10.1 Å². The molecule has 0 amide bonds. The van der Waals surface area contributed by atoms with E-state index in [1.807, 2.05) is 12.1 Å². The van der Waals surface area contributed by atoms with Crippen LogP contribution in [0.25, 0.3) is 11.3 Å². The summed E-state index contributed by atoms with van der Waals surface area (Å²) in [7, 11) is 2.22. The van der Waals surface area contributed by atoms with Crippen LogP contribution in [-0.4, -0.2) is 53.2 Å². The monoisotopic (exact) mass is 359 g/mol. The summed E-state index contributed by atoms with van der Waals surface area (Å²) in [5.41, 5.74) is 2.18. The average Bonchev–Trinajstić information content (AvgIpc) is 3.11. The summed E-state index contributed by atoms with van der Waals surface area (Å²) < 4.78 is 0. The van der Waals surface area contributed by atoms with Crippen LogP contribution in [0.4, 0.5) is 5.13 Å². The molecular weight excluding hydrogens is 334 g/mol. The van der Waals surface area contributed by atoms with Crippen molar-refractivity contribution in [2.24, 2.45) is 0 Å². The molecular formula is C19H25N3O2S. The molecule has 1 fully saturated rings. The molecule has 134 valence electrons. The highest BCUT2D eigenvalue weighted by atomic mass is 32.1. The Balaban J connectivity index is 1.65. The molecule has 0 bridgehead atoms. The van der Waals surface area contributed by atoms with Gasteiger partial charge in [-0.1, -0.05) is 12.1 Å². The van der Waals surface area contributed by atoms with E-state index in [1.165, 1.54) is 0 Å². The Labute approximate surface area is 152 Å². The number of aromatic nitrogens is 1. The lowest BCUT2D eigenvalue weighted by Gasteiger charge is -2.38. The van der Waals surface area contributed by atoms with Crippen molar-refractivity contribution in [2.75, 3.05) is 25.0 Å². The summed E-state index contributed by atoms with van der Waals surface area (Å²) in [5.74, 6) is -0.903. The van der Waals surface area contributed by atoms with Gasteiger partial charge in [-0.05, 0) is 45.9 Å². The molecule has 3 rings (SSSR count). The molecule has 5 nitrogen and oxygen atoms in total. The number of anilines is 1. The zero-order valence-electron chi connectivity index (χ0n) is 15.0. The predicted octanol–water partition coefficient (Wildman–Crippen LogP) is 3.82. The van der Waals surface area contributed by atoms with Gasteiger partial charge >= 0.3 is 5.97 Å². The van der Waals surface area contributed by atoms with Gasteiger partial charge in [0.15, 0.2) is 5.13 Å². The number of hydrogen-bond donors (Lipinski definition) is 1. The third-order valence-electron chi connectivity index (χ3n) is 5.05. The molecule has 1 aromatic heterocycles. The maximum Gasteiger partial charge on any atom is 0.335 e. The van der Waals surface area contributed by atoms with Gasteiger partial charge in [0.1, 0.15) is 0 Å². The first-order valence-corrected chi connectivity index (χ1v) is 9.60. The van der Waals surface area contributed by atoms with Gasteiger partial charge in [0.25, 0.3) is 0 Å². The van der Waals surface area contributed by atoms with Crippen LogP contribution in [-0.2, 0) is 0 Å².